The number of hydrogen-bond donors (Lipinski definition) is 1. The van der Waals surface area contributed by atoms with Crippen LogP contribution in [0.5, 0.6) is 0 Å². The molecule has 17 heavy (non-hydrogen) atoms. The van der Waals surface area contributed by atoms with E-state index in [0.717, 1.165) is 24.4 Å². The topological polar surface area (TPSA) is 41.0 Å². The van der Waals surface area contributed by atoms with Crippen LogP contribution in [0, 0.1) is 5.92 Å². The number of rotatable bonds is 5. The molecule has 1 N–H and O–H groups in total. The first-order valence-corrected chi connectivity index (χ1v) is 6.64. The molecule has 0 radical (unpaired) electrons. The van der Waals surface area contributed by atoms with Gasteiger partial charge in [-0.1, -0.05) is 6.92 Å². The first-order valence-electron chi connectivity index (χ1n) is 5.76. The van der Waals surface area contributed by atoms with Crippen LogP contribution in [0.15, 0.2) is 17.8 Å². The van der Waals surface area contributed by atoms with E-state index in [-0.39, 0.29) is 0 Å². The maximum atomic E-state index is 4.40. The van der Waals surface area contributed by atoms with Crippen LogP contribution in [0.25, 0.3) is 10.2 Å². The van der Waals surface area contributed by atoms with Gasteiger partial charge in [0.15, 0.2) is 0 Å². The molecule has 0 aliphatic carbocycles. The molecule has 0 fully saturated rings. The highest BCUT2D eigenvalue weighted by Gasteiger charge is 2.12. The summed E-state index contributed by atoms with van der Waals surface area (Å²) in [5, 5.41) is 5.26. The van der Waals surface area contributed by atoms with Crippen LogP contribution in [0.3, 0.4) is 0 Å². The van der Waals surface area contributed by atoms with Crippen molar-refractivity contribution >= 4 is 27.4 Å². The molecule has 0 aliphatic rings. The van der Waals surface area contributed by atoms with Gasteiger partial charge in [-0.3, -0.25) is 0 Å². The zero-order chi connectivity index (χ0) is 12.3. The Labute approximate surface area is 106 Å². The molecule has 4 nitrogen and oxygen atoms in total. The number of thiophene rings is 1. The van der Waals surface area contributed by atoms with Crippen LogP contribution in [-0.2, 0) is 0 Å². The average Bonchev–Trinajstić information content (AvgIpc) is 2.76. The Morgan fingerprint density at radius 1 is 1.47 bits per heavy atom. The largest absolute Gasteiger partial charge is 0.358 e. The van der Waals surface area contributed by atoms with Crippen LogP contribution in [0.2, 0.25) is 0 Å². The predicted octanol–water partition coefficient (Wildman–Crippen LogP) is 1.98. The third-order valence-electron chi connectivity index (χ3n) is 2.72. The summed E-state index contributed by atoms with van der Waals surface area (Å²) in [5.41, 5.74) is 1.04. The average molecular weight is 250 g/mol. The quantitative estimate of drug-likeness (QED) is 0.881. The Bertz CT molecular complexity index is 482. The zero-order valence-electron chi connectivity index (χ0n) is 10.5. The van der Waals surface area contributed by atoms with E-state index in [1.807, 2.05) is 13.1 Å². The summed E-state index contributed by atoms with van der Waals surface area (Å²) in [6, 6.07) is 2.04. The molecule has 5 heteroatoms. The summed E-state index contributed by atoms with van der Waals surface area (Å²) < 4.78 is 1.17. The van der Waals surface area contributed by atoms with E-state index < -0.39 is 0 Å². The Balaban J connectivity index is 2.18. The molecular formula is C12H18N4S. The number of anilines is 1. The van der Waals surface area contributed by atoms with Crippen molar-refractivity contribution in [3.8, 4) is 0 Å². The minimum absolute atomic E-state index is 0.593. The summed E-state index contributed by atoms with van der Waals surface area (Å²) >= 11 is 1.70. The lowest BCUT2D eigenvalue weighted by Gasteiger charge is -2.22. The van der Waals surface area contributed by atoms with Crippen LogP contribution >= 0.6 is 11.3 Å². The van der Waals surface area contributed by atoms with E-state index in [9.17, 15) is 0 Å². The van der Waals surface area contributed by atoms with Gasteiger partial charge in [-0.05, 0) is 31.0 Å². The summed E-state index contributed by atoms with van der Waals surface area (Å²) in [6.07, 6.45) is 1.64. The number of nitrogens with one attached hydrogen (secondary N) is 1. The second-order valence-electron chi connectivity index (χ2n) is 4.38. The molecule has 1 atom stereocenters. The number of hydrogen-bond acceptors (Lipinski definition) is 5. The smallest absolute Gasteiger partial charge is 0.149 e. The van der Waals surface area contributed by atoms with Crippen molar-refractivity contribution in [2.75, 3.05) is 32.1 Å². The van der Waals surface area contributed by atoms with E-state index in [1.165, 1.54) is 4.70 Å². The van der Waals surface area contributed by atoms with Crippen LogP contribution in [0.4, 0.5) is 5.82 Å². The van der Waals surface area contributed by atoms with Crippen molar-refractivity contribution in [3.05, 3.63) is 17.8 Å². The second kappa shape index (κ2) is 5.42. The summed E-state index contributed by atoms with van der Waals surface area (Å²) in [6.45, 7) is 4.24. The zero-order valence-corrected chi connectivity index (χ0v) is 11.3. The van der Waals surface area contributed by atoms with Gasteiger partial charge in [-0.2, -0.15) is 0 Å². The van der Waals surface area contributed by atoms with Crippen LogP contribution < -0.4 is 10.2 Å². The molecule has 2 heterocycles. The van der Waals surface area contributed by atoms with Gasteiger partial charge in [0.1, 0.15) is 12.1 Å². The van der Waals surface area contributed by atoms with Crippen molar-refractivity contribution in [1.29, 1.82) is 0 Å². The lowest BCUT2D eigenvalue weighted by atomic mass is 10.1. The van der Waals surface area contributed by atoms with E-state index in [0.29, 0.717) is 5.92 Å². The number of aromatic nitrogens is 2. The van der Waals surface area contributed by atoms with E-state index >= 15 is 0 Å². The fourth-order valence-corrected chi connectivity index (χ4v) is 2.90. The number of fused-ring (bicyclic) bond motifs is 1. The minimum Gasteiger partial charge on any atom is -0.358 e. The van der Waals surface area contributed by atoms with Crippen LogP contribution in [0.1, 0.15) is 6.92 Å². The van der Waals surface area contributed by atoms with Crippen LogP contribution in [-0.4, -0.2) is 37.2 Å². The molecule has 0 bridgehead atoms. The van der Waals surface area contributed by atoms with E-state index in [1.54, 1.807) is 17.7 Å². The normalized spacial score (nSPS) is 12.9. The Hall–Kier alpha value is -1.20. The van der Waals surface area contributed by atoms with Gasteiger partial charge in [0.2, 0.25) is 0 Å². The van der Waals surface area contributed by atoms with E-state index in [4.69, 9.17) is 0 Å². The highest BCUT2D eigenvalue weighted by molar-refractivity contribution is 7.17. The lowest BCUT2D eigenvalue weighted by molar-refractivity contribution is 0.541. The van der Waals surface area contributed by atoms with E-state index in [2.05, 4.69) is 39.5 Å². The maximum absolute atomic E-state index is 4.40. The lowest BCUT2D eigenvalue weighted by Crippen LogP contribution is -2.30. The van der Waals surface area contributed by atoms with Crippen molar-refractivity contribution in [3.63, 3.8) is 0 Å². The molecule has 2 rings (SSSR count). The monoisotopic (exact) mass is 250 g/mol. The molecular weight excluding hydrogens is 232 g/mol. The summed E-state index contributed by atoms with van der Waals surface area (Å²) in [7, 11) is 4.08. The van der Waals surface area contributed by atoms with Crippen molar-refractivity contribution in [1.82, 2.24) is 15.3 Å². The highest BCUT2D eigenvalue weighted by atomic mass is 32.1. The first kappa shape index (κ1) is 12.3. The van der Waals surface area contributed by atoms with Gasteiger partial charge in [0.05, 0.1) is 10.2 Å². The van der Waals surface area contributed by atoms with Gasteiger partial charge in [-0.15, -0.1) is 11.3 Å². The molecule has 2 aromatic heterocycles. The highest BCUT2D eigenvalue weighted by Crippen LogP contribution is 2.27. The van der Waals surface area contributed by atoms with Gasteiger partial charge in [0, 0.05) is 13.6 Å². The standard InChI is InChI=1S/C12H18N4S/c1-9(6-13-2)7-16(3)12-11-10(4-5-17-11)14-8-15-12/h4-5,8-9,13H,6-7H2,1-3H3. The molecule has 2 aromatic rings. The van der Waals surface area contributed by atoms with Gasteiger partial charge in [0.25, 0.3) is 0 Å². The first-order chi connectivity index (χ1) is 8.22. The SMILES string of the molecule is CNCC(C)CN(C)c1ncnc2ccsc12. The molecule has 1 unspecified atom stereocenters. The fourth-order valence-electron chi connectivity index (χ4n) is 2.01. The minimum atomic E-state index is 0.593. The molecule has 0 saturated heterocycles. The second-order valence-corrected chi connectivity index (χ2v) is 5.29. The van der Waals surface area contributed by atoms with Crippen molar-refractivity contribution < 1.29 is 0 Å². The Morgan fingerprint density at radius 2 is 2.29 bits per heavy atom. The molecule has 0 aromatic carbocycles. The summed E-state index contributed by atoms with van der Waals surface area (Å²) in [4.78, 5) is 10.9. The van der Waals surface area contributed by atoms with Gasteiger partial charge in [-0.25, -0.2) is 9.97 Å². The summed E-state index contributed by atoms with van der Waals surface area (Å²) in [5.74, 6) is 1.63. The third-order valence-corrected chi connectivity index (χ3v) is 3.62. The number of nitrogens with zero attached hydrogens (tertiary/aromatic N) is 3. The molecule has 0 saturated carbocycles. The Kier molecular flexibility index (Phi) is 3.91. The third kappa shape index (κ3) is 2.73. The molecule has 0 amide bonds. The van der Waals surface area contributed by atoms with Crippen molar-refractivity contribution in [2.45, 2.75) is 6.92 Å². The molecule has 0 aliphatic heterocycles. The fraction of sp³-hybridized carbons (Fsp3) is 0.500. The van der Waals surface area contributed by atoms with Gasteiger partial charge < -0.3 is 10.2 Å². The molecule has 92 valence electrons. The van der Waals surface area contributed by atoms with Gasteiger partial charge >= 0.3 is 0 Å². The predicted molar refractivity (Wildman–Crippen MR) is 73.8 cm³/mol. The maximum Gasteiger partial charge on any atom is 0.149 e. The van der Waals surface area contributed by atoms with Crippen molar-refractivity contribution in [2.24, 2.45) is 5.92 Å². The Morgan fingerprint density at radius 3 is 3.06 bits per heavy atom. The molecule has 0 spiro atoms.